The van der Waals surface area contributed by atoms with Crippen molar-refractivity contribution in [1.82, 2.24) is 4.90 Å². The van der Waals surface area contributed by atoms with Crippen molar-refractivity contribution in [3.8, 4) is 0 Å². The quantitative estimate of drug-likeness (QED) is 0.678. The number of anilines is 1. The molecule has 0 aliphatic heterocycles. The molecule has 0 spiro atoms. The fourth-order valence-corrected chi connectivity index (χ4v) is 3.57. The minimum atomic E-state index is -0.226. The molecule has 6 heteroatoms. The molecule has 2 aromatic carbocycles. The molecule has 0 fully saturated rings. The average Bonchev–Trinajstić information content (AvgIpc) is 2.52. The number of nitrogens with one attached hydrogen (secondary N) is 1. The fourth-order valence-electron chi connectivity index (χ4n) is 2.13. The summed E-state index contributed by atoms with van der Waals surface area (Å²) in [5, 5.41) is 2.93. The second kappa shape index (κ2) is 9.20. The molecule has 0 heterocycles. The third kappa shape index (κ3) is 6.26. The van der Waals surface area contributed by atoms with E-state index in [2.05, 4.69) is 21.2 Å². The van der Waals surface area contributed by atoms with Gasteiger partial charge in [0.15, 0.2) is 0 Å². The lowest BCUT2D eigenvalue weighted by atomic mass is 10.2. The Hall–Kier alpha value is -1.37. The third-order valence-corrected chi connectivity index (χ3v) is 4.92. The monoisotopic (exact) mass is 410 g/mol. The number of carbonyl (C=O) groups excluding carboxylic acids is 1. The number of carbonyl (C=O) groups is 1. The molecule has 128 valence electrons. The van der Waals surface area contributed by atoms with Crippen molar-refractivity contribution in [1.29, 1.82) is 0 Å². The van der Waals surface area contributed by atoms with Gasteiger partial charge in [0.1, 0.15) is 5.82 Å². The highest BCUT2D eigenvalue weighted by Crippen LogP contribution is 2.20. The Morgan fingerprint density at radius 3 is 2.62 bits per heavy atom. The van der Waals surface area contributed by atoms with Crippen LogP contribution in [0.1, 0.15) is 5.56 Å². The molecule has 0 saturated heterocycles. The lowest BCUT2D eigenvalue weighted by Gasteiger charge is -2.16. The van der Waals surface area contributed by atoms with Crippen LogP contribution in [0.25, 0.3) is 0 Å². The summed E-state index contributed by atoms with van der Waals surface area (Å²) in [6, 6.07) is 12.2. The number of rotatable bonds is 7. The molecular formula is C18H20BrFN2OS. The molecule has 0 atom stereocenters. The SMILES string of the molecule is Cc1cc(Br)ccc1NC(=O)CN(C)CCSc1ccc(F)cc1. The Morgan fingerprint density at radius 2 is 1.96 bits per heavy atom. The number of aryl methyl sites for hydroxylation is 1. The smallest absolute Gasteiger partial charge is 0.238 e. The van der Waals surface area contributed by atoms with Crippen LogP contribution in [0.15, 0.2) is 51.8 Å². The van der Waals surface area contributed by atoms with Gasteiger partial charge in [0.05, 0.1) is 6.54 Å². The molecule has 2 rings (SSSR count). The number of amides is 1. The Bertz CT molecular complexity index is 694. The first kappa shape index (κ1) is 19.0. The number of thioether (sulfide) groups is 1. The van der Waals surface area contributed by atoms with Crippen molar-refractivity contribution in [3.63, 3.8) is 0 Å². The number of halogens is 2. The van der Waals surface area contributed by atoms with Crippen molar-refractivity contribution >= 4 is 39.3 Å². The van der Waals surface area contributed by atoms with Crippen LogP contribution >= 0.6 is 27.7 Å². The molecule has 0 unspecified atom stereocenters. The molecule has 0 aliphatic rings. The zero-order valence-electron chi connectivity index (χ0n) is 13.7. The second-order valence-electron chi connectivity index (χ2n) is 5.55. The van der Waals surface area contributed by atoms with Gasteiger partial charge in [-0.15, -0.1) is 11.8 Å². The summed E-state index contributed by atoms with van der Waals surface area (Å²) in [6.45, 7) is 3.07. The number of benzene rings is 2. The number of hydrogen-bond donors (Lipinski definition) is 1. The molecule has 1 amide bonds. The molecule has 3 nitrogen and oxygen atoms in total. The van der Waals surface area contributed by atoms with E-state index < -0.39 is 0 Å². The predicted octanol–water partition coefficient (Wildman–Crippen LogP) is 4.56. The van der Waals surface area contributed by atoms with Crippen molar-refractivity contribution in [2.24, 2.45) is 0 Å². The van der Waals surface area contributed by atoms with Gasteiger partial charge in [0.2, 0.25) is 5.91 Å². The zero-order chi connectivity index (χ0) is 17.5. The number of likely N-dealkylation sites (N-methyl/N-ethyl adjacent to an activating group) is 1. The highest BCUT2D eigenvalue weighted by atomic mass is 79.9. The molecule has 0 aromatic heterocycles. The molecule has 0 bridgehead atoms. The van der Waals surface area contributed by atoms with E-state index >= 15 is 0 Å². The third-order valence-electron chi connectivity index (χ3n) is 3.43. The van der Waals surface area contributed by atoms with Gasteiger partial charge in [0, 0.05) is 27.4 Å². The van der Waals surface area contributed by atoms with Crippen LogP contribution in [-0.2, 0) is 4.79 Å². The Kier molecular flexibility index (Phi) is 7.27. The number of hydrogen-bond acceptors (Lipinski definition) is 3. The lowest BCUT2D eigenvalue weighted by molar-refractivity contribution is -0.117. The maximum absolute atomic E-state index is 12.8. The maximum atomic E-state index is 12.8. The van der Waals surface area contributed by atoms with Crippen LogP contribution in [0.5, 0.6) is 0 Å². The van der Waals surface area contributed by atoms with E-state index in [1.165, 1.54) is 12.1 Å². The summed E-state index contributed by atoms with van der Waals surface area (Å²) in [5.41, 5.74) is 1.85. The van der Waals surface area contributed by atoms with E-state index in [0.717, 1.165) is 32.9 Å². The summed E-state index contributed by atoms with van der Waals surface area (Å²) in [7, 11) is 1.92. The normalized spacial score (nSPS) is 10.9. The Morgan fingerprint density at radius 1 is 1.25 bits per heavy atom. The fraction of sp³-hybridized carbons (Fsp3) is 0.278. The standard InChI is InChI=1S/C18H20BrFN2OS/c1-13-11-14(19)3-8-17(13)21-18(23)12-22(2)9-10-24-16-6-4-15(20)5-7-16/h3-8,11H,9-10,12H2,1-2H3,(H,21,23). The first-order valence-corrected chi connectivity index (χ1v) is 9.35. The Labute approximate surface area is 154 Å². The molecule has 24 heavy (non-hydrogen) atoms. The van der Waals surface area contributed by atoms with Crippen molar-refractivity contribution in [2.45, 2.75) is 11.8 Å². The van der Waals surface area contributed by atoms with Crippen LogP contribution in [0.3, 0.4) is 0 Å². The minimum absolute atomic E-state index is 0.0327. The predicted molar refractivity (Wildman–Crippen MR) is 102 cm³/mol. The maximum Gasteiger partial charge on any atom is 0.238 e. The first-order chi connectivity index (χ1) is 11.4. The van der Waals surface area contributed by atoms with Crippen LogP contribution < -0.4 is 5.32 Å². The highest BCUT2D eigenvalue weighted by molar-refractivity contribution is 9.10. The molecule has 2 aromatic rings. The average molecular weight is 411 g/mol. The van der Waals surface area contributed by atoms with Gasteiger partial charge in [-0.2, -0.15) is 0 Å². The van der Waals surface area contributed by atoms with Gasteiger partial charge < -0.3 is 5.32 Å². The summed E-state index contributed by atoms with van der Waals surface area (Å²) >= 11 is 5.06. The van der Waals surface area contributed by atoms with Crippen molar-refractivity contribution in [2.75, 3.05) is 31.2 Å². The zero-order valence-corrected chi connectivity index (χ0v) is 16.1. The number of nitrogens with zero attached hydrogens (tertiary/aromatic N) is 1. The van der Waals surface area contributed by atoms with Crippen LogP contribution in [-0.4, -0.2) is 36.7 Å². The minimum Gasteiger partial charge on any atom is -0.325 e. The highest BCUT2D eigenvalue weighted by Gasteiger charge is 2.08. The molecule has 0 aliphatic carbocycles. The summed E-state index contributed by atoms with van der Waals surface area (Å²) < 4.78 is 13.8. The van der Waals surface area contributed by atoms with Crippen molar-refractivity contribution < 1.29 is 9.18 Å². The van der Waals surface area contributed by atoms with Gasteiger partial charge >= 0.3 is 0 Å². The second-order valence-corrected chi connectivity index (χ2v) is 7.63. The summed E-state index contributed by atoms with van der Waals surface area (Å²) in [6.07, 6.45) is 0. The molecule has 0 saturated carbocycles. The molecular weight excluding hydrogens is 391 g/mol. The van der Waals surface area contributed by atoms with Gasteiger partial charge in [-0.25, -0.2) is 4.39 Å². The van der Waals surface area contributed by atoms with Gasteiger partial charge in [-0.3, -0.25) is 9.69 Å². The Balaban J connectivity index is 1.74. The van der Waals surface area contributed by atoms with Crippen molar-refractivity contribution in [3.05, 3.63) is 58.3 Å². The molecule has 1 N–H and O–H groups in total. The van der Waals surface area contributed by atoms with Gasteiger partial charge in [-0.05, 0) is 62.0 Å². The molecule has 0 radical (unpaired) electrons. The van der Waals surface area contributed by atoms with E-state index in [1.807, 2.05) is 37.1 Å². The van der Waals surface area contributed by atoms with Crippen LogP contribution in [0.4, 0.5) is 10.1 Å². The van der Waals surface area contributed by atoms with E-state index in [9.17, 15) is 9.18 Å². The summed E-state index contributed by atoms with van der Waals surface area (Å²) in [4.78, 5) is 15.1. The van der Waals surface area contributed by atoms with Gasteiger partial charge in [0.25, 0.3) is 0 Å². The van der Waals surface area contributed by atoms with Gasteiger partial charge in [-0.1, -0.05) is 15.9 Å². The van der Waals surface area contributed by atoms with Crippen LogP contribution in [0, 0.1) is 12.7 Å². The first-order valence-electron chi connectivity index (χ1n) is 7.57. The largest absolute Gasteiger partial charge is 0.325 e. The van der Waals surface area contributed by atoms with E-state index in [0.29, 0.717) is 6.54 Å². The summed E-state index contributed by atoms with van der Waals surface area (Å²) in [5.74, 6) is 0.582. The lowest BCUT2D eigenvalue weighted by Crippen LogP contribution is -2.31. The van der Waals surface area contributed by atoms with E-state index in [-0.39, 0.29) is 11.7 Å². The van der Waals surface area contributed by atoms with E-state index in [1.54, 1.807) is 23.9 Å². The van der Waals surface area contributed by atoms with Crippen LogP contribution in [0.2, 0.25) is 0 Å². The topological polar surface area (TPSA) is 32.3 Å². The van der Waals surface area contributed by atoms with E-state index in [4.69, 9.17) is 0 Å².